The average molecular weight is 183 g/mol. The second-order valence-corrected chi connectivity index (χ2v) is 3.93. The lowest BCUT2D eigenvalue weighted by molar-refractivity contribution is -0.0595. The Morgan fingerprint density at radius 1 is 1.23 bits per heavy atom. The van der Waals surface area contributed by atoms with Crippen molar-refractivity contribution in [1.82, 2.24) is 0 Å². The average Bonchev–Trinajstić information content (AvgIpc) is 2.16. The van der Waals surface area contributed by atoms with Crippen molar-refractivity contribution in [3.8, 4) is 6.07 Å². The molecule has 0 fully saturated rings. The number of aliphatic hydroxyl groups is 1. The Bertz CT molecular complexity index is 197. The van der Waals surface area contributed by atoms with Crippen molar-refractivity contribution in [2.24, 2.45) is 5.41 Å². The number of rotatable bonds is 5. The summed E-state index contributed by atoms with van der Waals surface area (Å²) >= 11 is 0. The molecule has 0 amide bonds. The molecule has 0 aliphatic rings. The van der Waals surface area contributed by atoms with Gasteiger partial charge >= 0.3 is 0 Å². The lowest BCUT2D eigenvalue weighted by Gasteiger charge is -2.39. The quantitative estimate of drug-likeness (QED) is 0.712. The van der Waals surface area contributed by atoms with Crippen LogP contribution in [0.1, 0.15) is 53.4 Å². The number of hydrogen-bond donors (Lipinski definition) is 1. The minimum absolute atomic E-state index is 0.599. The first kappa shape index (κ1) is 12.4. The van der Waals surface area contributed by atoms with Crippen molar-refractivity contribution in [1.29, 1.82) is 5.26 Å². The lowest BCUT2D eigenvalue weighted by atomic mass is 9.69. The molecule has 0 aromatic rings. The molecule has 2 nitrogen and oxygen atoms in total. The highest BCUT2D eigenvalue weighted by molar-refractivity contribution is 5.07. The third-order valence-corrected chi connectivity index (χ3v) is 3.23. The van der Waals surface area contributed by atoms with Crippen LogP contribution in [0.15, 0.2) is 0 Å². The third-order valence-electron chi connectivity index (χ3n) is 3.23. The van der Waals surface area contributed by atoms with Gasteiger partial charge in [-0.15, -0.1) is 0 Å². The summed E-state index contributed by atoms with van der Waals surface area (Å²) in [5.74, 6) is 0. The van der Waals surface area contributed by atoms with E-state index in [1.807, 2.05) is 27.7 Å². The highest BCUT2D eigenvalue weighted by Crippen LogP contribution is 2.39. The predicted molar refractivity (Wildman–Crippen MR) is 54.2 cm³/mol. The minimum Gasteiger partial charge on any atom is -0.388 e. The van der Waals surface area contributed by atoms with Gasteiger partial charge in [-0.2, -0.15) is 5.26 Å². The van der Waals surface area contributed by atoms with E-state index in [1.165, 1.54) is 0 Å². The zero-order chi connectivity index (χ0) is 10.5. The van der Waals surface area contributed by atoms with E-state index in [1.54, 1.807) is 0 Å². The van der Waals surface area contributed by atoms with Gasteiger partial charge in [0, 0.05) is 0 Å². The van der Waals surface area contributed by atoms with Crippen LogP contribution in [0.25, 0.3) is 0 Å². The SMILES string of the molecule is CCCC(O)(CC)C(C)(C#N)CC. The Hall–Kier alpha value is -0.550. The lowest BCUT2D eigenvalue weighted by Crippen LogP contribution is -2.44. The minimum atomic E-state index is -0.814. The van der Waals surface area contributed by atoms with Gasteiger partial charge in [0.2, 0.25) is 0 Å². The van der Waals surface area contributed by atoms with Crippen LogP contribution in [0.4, 0.5) is 0 Å². The summed E-state index contributed by atoms with van der Waals surface area (Å²) in [6, 6.07) is 2.25. The van der Waals surface area contributed by atoms with Crippen molar-refractivity contribution in [3.05, 3.63) is 0 Å². The molecule has 0 radical (unpaired) electrons. The highest BCUT2D eigenvalue weighted by atomic mass is 16.3. The molecule has 0 aliphatic carbocycles. The first-order valence-corrected chi connectivity index (χ1v) is 5.13. The van der Waals surface area contributed by atoms with Gasteiger partial charge in [-0.1, -0.05) is 27.2 Å². The van der Waals surface area contributed by atoms with Gasteiger partial charge in [0.15, 0.2) is 0 Å². The Labute approximate surface area is 81.6 Å². The van der Waals surface area contributed by atoms with Crippen molar-refractivity contribution in [3.63, 3.8) is 0 Å². The number of nitriles is 1. The molecule has 0 heterocycles. The van der Waals surface area contributed by atoms with Crippen LogP contribution in [0, 0.1) is 16.7 Å². The maximum atomic E-state index is 10.3. The number of nitrogens with zero attached hydrogens (tertiary/aromatic N) is 1. The van der Waals surface area contributed by atoms with Crippen molar-refractivity contribution in [2.45, 2.75) is 59.0 Å². The summed E-state index contributed by atoms with van der Waals surface area (Å²) in [5, 5.41) is 19.4. The third kappa shape index (κ3) is 2.22. The largest absolute Gasteiger partial charge is 0.388 e. The van der Waals surface area contributed by atoms with Crippen LogP contribution in [0.2, 0.25) is 0 Å². The molecule has 0 spiro atoms. The van der Waals surface area contributed by atoms with Gasteiger partial charge in [-0.25, -0.2) is 0 Å². The fourth-order valence-corrected chi connectivity index (χ4v) is 1.77. The van der Waals surface area contributed by atoms with Crippen LogP contribution in [-0.2, 0) is 0 Å². The molecular formula is C11H21NO. The Morgan fingerprint density at radius 3 is 2.00 bits per heavy atom. The van der Waals surface area contributed by atoms with E-state index >= 15 is 0 Å². The summed E-state index contributed by atoms with van der Waals surface area (Å²) in [4.78, 5) is 0. The normalized spacial score (nSPS) is 20.0. The zero-order valence-corrected chi connectivity index (χ0v) is 9.22. The van der Waals surface area contributed by atoms with Gasteiger partial charge < -0.3 is 5.11 Å². The maximum Gasteiger partial charge on any atom is 0.0829 e. The van der Waals surface area contributed by atoms with Crippen LogP contribution in [0.5, 0.6) is 0 Å². The summed E-state index contributed by atoms with van der Waals surface area (Å²) in [7, 11) is 0. The zero-order valence-electron chi connectivity index (χ0n) is 9.22. The molecule has 0 aromatic carbocycles. The molecule has 2 atom stereocenters. The summed E-state index contributed by atoms with van der Waals surface area (Å²) in [5.41, 5.74) is -1.41. The molecule has 0 saturated heterocycles. The van der Waals surface area contributed by atoms with Crippen LogP contribution >= 0.6 is 0 Å². The fraction of sp³-hybridized carbons (Fsp3) is 0.909. The summed E-state index contributed by atoms with van der Waals surface area (Å²) < 4.78 is 0. The Morgan fingerprint density at radius 2 is 1.77 bits per heavy atom. The van der Waals surface area contributed by atoms with E-state index in [0.717, 1.165) is 6.42 Å². The van der Waals surface area contributed by atoms with Crippen molar-refractivity contribution in [2.75, 3.05) is 0 Å². The molecule has 0 aromatic heterocycles. The molecule has 0 rings (SSSR count). The number of hydrogen-bond acceptors (Lipinski definition) is 2. The summed E-state index contributed by atoms with van der Waals surface area (Å²) in [6.07, 6.45) is 2.98. The van der Waals surface area contributed by atoms with Crippen molar-refractivity contribution >= 4 is 0 Å². The van der Waals surface area contributed by atoms with Crippen LogP contribution < -0.4 is 0 Å². The molecule has 2 heteroatoms. The van der Waals surface area contributed by atoms with E-state index in [2.05, 4.69) is 6.07 Å². The predicted octanol–water partition coefficient (Wildman–Crippen LogP) is 2.87. The fourth-order valence-electron chi connectivity index (χ4n) is 1.77. The second kappa shape index (κ2) is 4.62. The first-order valence-electron chi connectivity index (χ1n) is 5.13. The second-order valence-electron chi connectivity index (χ2n) is 3.93. The highest BCUT2D eigenvalue weighted by Gasteiger charge is 2.43. The molecule has 0 bridgehead atoms. The monoisotopic (exact) mass is 183 g/mol. The van der Waals surface area contributed by atoms with Gasteiger partial charge in [-0.05, 0) is 26.2 Å². The maximum absolute atomic E-state index is 10.3. The van der Waals surface area contributed by atoms with E-state index < -0.39 is 11.0 Å². The van der Waals surface area contributed by atoms with E-state index in [-0.39, 0.29) is 0 Å². The molecule has 0 aliphatic heterocycles. The van der Waals surface area contributed by atoms with Gasteiger partial charge in [0.05, 0.1) is 17.1 Å². The first-order chi connectivity index (χ1) is 5.99. The van der Waals surface area contributed by atoms with Gasteiger partial charge in [-0.3, -0.25) is 0 Å². The Kier molecular flexibility index (Phi) is 4.43. The molecule has 1 N–H and O–H groups in total. The summed E-state index contributed by atoms with van der Waals surface area (Å²) in [6.45, 7) is 7.79. The molecule has 13 heavy (non-hydrogen) atoms. The topological polar surface area (TPSA) is 44.0 Å². The van der Waals surface area contributed by atoms with E-state index in [4.69, 9.17) is 5.26 Å². The Balaban J connectivity index is 4.82. The van der Waals surface area contributed by atoms with E-state index in [0.29, 0.717) is 19.3 Å². The molecular weight excluding hydrogens is 162 g/mol. The molecule has 2 unspecified atom stereocenters. The molecule has 0 saturated carbocycles. The van der Waals surface area contributed by atoms with Crippen LogP contribution in [-0.4, -0.2) is 10.7 Å². The van der Waals surface area contributed by atoms with E-state index in [9.17, 15) is 5.11 Å². The van der Waals surface area contributed by atoms with Crippen molar-refractivity contribution < 1.29 is 5.11 Å². The standard InChI is InChI=1S/C11H21NO/c1-5-8-11(13,7-3)10(4,6-2)9-12/h13H,5-8H2,1-4H3. The van der Waals surface area contributed by atoms with Gasteiger partial charge in [0.1, 0.15) is 0 Å². The smallest absolute Gasteiger partial charge is 0.0829 e. The van der Waals surface area contributed by atoms with Gasteiger partial charge in [0.25, 0.3) is 0 Å². The van der Waals surface area contributed by atoms with Crippen LogP contribution in [0.3, 0.4) is 0 Å². The molecule has 76 valence electrons.